The smallest absolute Gasteiger partial charge is 0.343 e. The predicted molar refractivity (Wildman–Crippen MR) is 93.0 cm³/mol. The number of ether oxygens (including phenoxy) is 1. The molecule has 2 N–H and O–H groups in total. The lowest BCUT2D eigenvalue weighted by molar-refractivity contribution is 0.298. The number of hydrogen-bond donors (Lipinski definition) is 2. The molecule has 0 saturated heterocycles. The molecule has 0 radical (unpaired) electrons. The Kier molecular flexibility index (Phi) is 5.30. The molecule has 3 rings (SSSR count). The second kappa shape index (κ2) is 7.81. The number of nitrogens with zero attached hydrogens (tertiary/aromatic N) is 1. The molecule has 6 heteroatoms. The average Bonchev–Trinajstić information content (AvgIpc) is 2.63. The van der Waals surface area contributed by atoms with E-state index in [2.05, 4.69) is 4.98 Å². The van der Waals surface area contributed by atoms with Gasteiger partial charge in [0, 0.05) is 18.9 Å². The largest absolute Gasteiger partial charge is 0.507 e. The molecule has 0 spiro atoms. The van der Waals surface area contributed by atoms with E-state index in [-0.39, 0.29) is 17.9 Å². The number of aromatic nitrogens is 1. The molecule has 2 heterocycles. The minimum absolute atomic E-state index is 0.0147. The van der Waals surface area contributed by atoms with E-state index in [9.17, 15) is 9.90 Å². The number of hydrogen-bond acceptors (Lipinski definition) is 6. The zero-order valence-electron chi connectivity index (χ0n) is 13.6. The maximum atomic E-state index is 12.1. The number of pyridine rings is 1. The molecule has 0 fully saturated rings. The third-order valence-corrected chi connectivity index (χ3v) is 3.89. The fourth-order valence-electron chi connectivity index (χ4n) is 2.64. The van der Waals surface area contributed by atoms with Crippen molar-refractivity contribution in [1.29, 1.82) is 0 Å². The van der Waals surface area contributed by atoms with Gasteiger partial charge in [-0.15, -0.1) is 0 Å². The first-order valence-corrected chi connectivity index (χ1v) is 8.11. The molecule has 0 aliphatic rings. The van der Waals surface area contributed by atoms with Gasteiger partial charge in [0.1, 0.15) is 11.3 Å². The third-order valence-electron chi connectivity index (χ3n) is 3.89. The Morgan fingerprint density at radius 1 is 1.16 bits per heavy atom. The van der Waals surface area contributed by atoms with Crippen LogP contribution in [-0.4, -0.2) is 28.4 Å². The van der Waals surface area contributed by atoms with Gasteiger partial charge in [0.05, 0.1) is 17.6 Å². The molecule has 0 amide bonds. The van der Waals surface area contributed by atoms with Gasteiger partial charge in [0.2, 0.25) is 5.88 Å². The molecule has 0 atom stereocenters. The Morgan fingerprint density at radius 2 is 2.04 bits per heavy atom. The standard InChI is InChI=1S/C19H19NO5/c21-10-8-13-6-7-16-15(12-13)18(22)14(19(23)25-16)4-3-11-24-17-5-1-2-9-20-17/h1-2,5-7,9,12,21-22H,3-4,8,10-11H2. The average molecular weight is 341 g/mol. The van der Waals surface area contributed by atoms with Crippen LogP contribution in [0.15, 0.2) is 51.8 Å². The van der Waals surface area contributed by atoms with E-state index in [1.54, 1.807) is 36.5 Å². The van der Waals surface area contributed by atoms with Crippen molar-refractivity contribution < 1.29 is 19.4 Å². The lowest BCUT2D eigenvalue weighted by Crippen LogP contribution is -2.10. The fourth-order valence-corrected chi connectivity index (χ4v) is 2.64. The van der Waals surface area contributed by atoms with E-state index < -0.39 is 5.63 Å². The van der Waals surface area contributed by atoms with Crippen molar-refractivity contribution in [2.75, 3.05) is 13.2 Å². The van der Waals surface area contributed by atoms with Gasteiger partial charge in [0.25, 0.3) is 0 Å². The van der Waals surface area contributed by atoms with Crippen molar-refractivity contribution in [1.82, 2.24) is 4.98 Å². The molecule has 0 aliphatic heterocycles. The van der Waals surface area contributed by atoms with Crippen LogP contribution in [0.5, 0.6) is 11.6 Å². The first-order valence-electron chi connectivity index (χ1n) is 8.11. The van der Waals surface area contributed by atoms with E-state index >= 15 is 0 Å². The number of aliphatic hydroxyl groups excluding tert-OH is 1. The summed E-state index contributed by atoms with van der Waals surface area (Å²) in [5.41, 5.74) is 0.886. The summed E-state index contributed by atoms with van der Waals surface area (Å²) in [5.74, 6) is 0.454. The van der Waals surface area contributed by atoms with Gasteiger partial charge in [-0.1, -0.05) is 12.1 Å². The molecule has 0 bridgehead atoms. The summed E-state index contributed by atoms with van der Waals surface area (Å²) in [5, 5.41) is 20.0. The van der Waals surface area contributed by atoms with Crippen LogP contribution >= 0.6 is 0 Å². The van der Waals surface area contributed by atoms with Gasteiger partial charge >= 0.3 is 5.63 Å². The molecule has 0 unspecified atom stereocenters. The van der Waals surface area contributed by atoms with Gasteiger partial charge in [-0.25, -0.2) is 9.78 Å². The summed E-state index contributed by atoms with van der Waals surface area (Å²) >= 11 is 0. The number of rotatable bonds is 7. The summed E-state index contributed by atoms with van der Waals surface area (Å²) in [4.78, 5) is 16.2. The molecule has 2 aromatic heterocycles. The minimum atomic E-state index is -0.544. The molecule has 0 aliphatic carbocycles. The van der Waals surface area contributed by atoms with Gasteiger partial charge < -0.3 is 19.4 Å². The van der Waals surface area contributed by atoms with Crippen LogP contribution < -0.4 is 10.4 Å². The lowest BCUT2D eigenvalue weighted by Gasteiger charge is -2.08. The van der Waals surface area contributed by atoms with Gasteiger partial charge in [-0.05, 0) is 43.0 Å². The Bertz CT molecular complexity index is 905. The maximum absolute atomic E-state index is 12.1. The predicted octanol–water partition coefficient (Wildman–Crippen LogP) is 2.44. The summed E-state index contributed by atoms with van der Waals surface area (Å²) in [6, 6.07) is 10.5. The van der Waals surface area contributed by atoms with Crippen molar-refractivity contribution in [2.45, 2.75) is 19.3 Å². The van der Waals surface area contributed by atoms with Crippen LogP contribution in [-0.2, 0) is 12.8 Å². The molecule has 1 aromatic carbocycles. The van der Waals surface area contributed by atoms with Crippen LogP contribution in [0, 0.1) is 0 Å². The molecular formula is C19H19NO5. The molecule has 0 saturated carbocycles. The van der Waals surface area contributed by atoms with Crippen LogP contribution in [0.25, 0.3) is 11.0 Å². The minimum Gasteiger partial charge on any atom is -0.507 e. The van der Waals surface area contributed by atoms with Gasteiger partial charge in [-0.3, -0.25) is 0 Å². The summed E-state index contributed by atoms with van der Waals surface area (Å²) in [6.07, 6.45) is 2.99. The fraction of sp³-hybridized carbons (Fsp3) is 0.263. The second-order valence-corrected chi connectivity index (χ2v) is 5.64. The molecule has 6 nitrogen and oxygen atoms in total. The highest BCUT2D eigenvalue weighted by molar-refractivity contribution is 5.84. The molecule has 25 heavy (non-hydrogen) atoms. The Hall–Kier alpha value is -2.86. The summed E-state index contributed by atoms with van der Waals surface area (Å²) in [7, 11) is 0. The molecular weight excluding hydrogens is 322 g/mol. The Labute approximate surface area is 144 Å². The van der Waals surface area contributed by atoms with Crippen LogP contribution in [0.4, 0.5) is 0 Å². The number of benzene rings is 1. The van der Waals surface area contributed by atoms with Crippen molar-refractivity contribution in [3.63, 3.8) is 0 Å². The van der Waals surface area contributed by atoms with Crippen molar-refractivity contribution in [3.05, 3.63) is 64.1 Å². The van der Waals surface area contributed by atoms with E-state index in [0.29, 0.717) is 42.7 Å². The van der Waals surface area contributed by atoms with Gasteiger partial charge in [0.15, 0.2) is 0 Å². The molecule has 130 valence electrons. The highest BCUT2D eigenvalue weighted by Gasteiger charge is 2.14. The molecule has 3 aromatic rings. The van der Waals surface area contributed by atoms with Crippen molar-refractivity contribution >= 4 is 11.0 Å². The summed E-state index contributed by atoms with van der Waals surface area (Å²) in [6.45, 7) is 0.388. The Morgan fingerprint density at radius 3 is 2.80 bits per heavy atom. The third kappa shape index (κ3) is 3.97. The van der Waals surface area contributed by atoms with Crippen molar-refractivity contribution in [3.8, 4) is 11.6 Å². The van der Waals surface area contributed by atoms with Crippen molar-refractivity contribution in [2.24, 2.45) is 0 Å². The van der Waals surface area contributed by atoms with Crippen LogP contribution in [0.1, 0.15) is 17.5 Å². The quantitative estimate of drug-likeness (QED) is 0.506. The van der Waals surface area contributed by atoms with E-state index in [1.807, 2.05) is 6.07 Å². The SMILES string of the molecule is O=c1oc2ccc(CCO)cc2c(O)c1CCCOc1ccccn1. The monoisotopic (exact) mass is 341 g/mol. The zero-order valence-corrected chi connectivity index (χ0v) is 13.6. The van der Waals surface area contributed by atoms with E-state index in [0.717, 1.165) is 5.56 Å². The number of aromatic hydroxyl groups is 1. The van der Waals surface area contributed by atoms with Gasteiger partial charge in [-0.2, -0.15) is 0 Å². The Balaban J connectivity index is 1.75. The highest BCUT2D eigenvalue weighted by Crippen LogP contribution is 2.28. The zero-order chi connectivity index (χ0) is 17.6. The topological polar surface area (TPSA) is 92.8 Å². The first kappa shape index (κ1) is 17.0. The highest BCUT2D eigenvalue weighted by atomic mass is 16.5. The van der Waals surface area contributed by atoms with E-state index in [1.165, 1.54) is 0 Å². The number of aliphatic hydroxyl groups is 1. The summed E-state index contributed by atoms with van der Waals surface area (Å²) < 4.78 is 10.8. The maximum Gasteiger partial charge on any atom is 0.343 e. The van der Waals surface area contributed by atoms with Crippen LogP contribution in [0.2, 0.25) is 0 Å². The first-order chi connectivity index (χ1) is 12.2. The van der Waals surface area contributed by atoms with Crippen LogP contribution in [0.3, 0.4) is 0 Å². The lowest BCUT2D eigenvalue weighted by atomic mass is 10.0. The van der Waals surface area contributed by atoms with E-state index in [4.69, 9.17) is 14.3 Å². The number of fused-ring (bicyclic) bond motifs is 1. The normalized spacial score (nSPS) is 10.9. The second-order valence-electron chi connectivity index (χ2n) is 5.64.